The zero-order valence-electron chi connectivity index (χ0n) is 7.77. The van der Waals surface area contributed by atoms with Gasteiger partial charge in [-0.05, 0) is 12.1 Å². The van der Waals surface area contributed by atoms with E-state index in [1.165, 1.54) is 0 Å². The van der Waals surface area contributed by atoms with Gasteiger partial charge in [0.2, 0.25) is 0 Å². The summed E-state index contributed by atoms with van der Waals surface area (Å²) in [5.74, 6) is -12.4. The van der Waals surface area contributed by atoms with Gasteiger partial charge < -0.3 is 5.11 Å². The van der Waals surface area contributed by atoms with E-state index in [9.17, 15) is 30.7 Å². The third-order valence-electron chi connectivity index (χ3n) is 1.82. The Morgan fingerprint density at radius 2 is 1.47 bits per heavy atom. The zero-order chi connectivity index (χ0) is 13.5. The van der Waals surface area contributed by atoms with Crippen molar-refractivity contribution in [2.24, 2.45) is 0 Å². The van der Waals surface area contributed by atoms with Gasteiger partial charge in [0.1, 0.15) is 11.4 Å². The lowest BCUT2D eigenvalue weighted by molar-refractivity contribution is -0.360. The molecule has 0 radical (unpaired) electrons. The van der Waals surface area contributed by atoms with Crippen LogP contribution in [0.2, 0.25) is 0 Å². The van der Waals surface area contributed by atoms with Gasteiger partial charge in [0.15, 0.2) is 0 Å². The lowest BCUT2D eigenvalue weighted by atomic mass is 10.1. The van der Waals surface area contributed by atoms with Crippen molar-refractivity contribution in [3.05, 3.63) is 24.0 Å². The fraction of sp³-hybridized carbons (Fsp3) is 0.375. The van der Waals surface area contributed by atoms with Gasteiger partial charge in [0.25, 0.3) is 0 Å². The van der Waals surface area contributed by atoms with Gasteiger partial charge in [0.05, 0.1) is 6.20 Å². The van der Waals surface area contributed by atoms with E-state index in [-0.39, 0.29) is 6.07 Å². The molecule has 0 unspecified atom stereocenters. The molecule has 1 N–H and O–H groups in total. The summed E-state index contributed by atoms with van der Waals surface area (Å²) in [5.41, 5.74) is -1.78. The van der Waals surface area contributed by atoms with E-state index >= 15 is 0 Å². The minimum absolute atomic E-state index is 0.189. The van der Waals surface area contributed by atoms with Crippen molar-refractivity contribution in [1.82, 2.24) is 4.98 Å². The van der Waals surface area contributed by atoms with Crippen molar-refractivity contribution in [3.8, 4) is 5.75 Å². The largest absolute Gasteiger partial charge is 0.506 e. The van der Waals surface area contributed by atoms with Crippen LogP contribution in [0.15, 0.2) is 18.3 Å². The molecule has 0 saturated carbocycles. The molecule has 0 atom stereocenters. The molecule has 1 aromatic rings. The van der Waals surface area contributed by atoms with Crippen LogP contribution in [-0.4, -0.2) is 22.2 Å². The molecule has 0 aromatic carbocycles. The van der Waals surface area contributed by atoms with E-state index in [0.717, 1.165) is 0 Å². The highest BCUT2D eigenvalue weighted by molar-refractivity contribution is 5.22. The summed E-state index contributed by atoms with van der Waals surface area (Å²) in [4.78, 5) is 2.65. The molecule has 96 valence electrons. The maximum absolute atomic E-state index is 12.9. The molecule has 1 rings (SSSR count). The van der Waals surface area contributed by atoms with Crippen LogP contribution in [0.1, 0.15) is 5.69 Å². The number of aromatic hydroxyl groups is 1. The zero-order valence-corrected chi connectivity index (χ0v) is 7.77. The number of pyridine rings is 1. The molecule has 0 aliphatic rings. The molecule has 0 amide bonds. The summed E-state index contributed by atoms with van der Waals surface area (Å²) in [6.45, 7) is 0. The average molecular weight is 263 g/mol. The Morgan fingerprint density at radius 3 is 1.82 bits per heavy atom. The smallest absolute Gasteiger partial charge is 0.460 e. The Labute approximate surface area is 89.7 Å². The van der Waals surface area contributed by atoms with Crippen LogP contribution in [-0.2, 0) is 5.92 Å². The second-order valence-corrected chi connectivity index (χ2v) is 3.05. The Morgan fingerprint density at radius 1 is 0.941 bits per heavy atom. The predicted octanol–water partition coefficient (Wildman–Crippen LogP) is 3.08. The number of halogens is 7. The summed E-state index contributed by atoms with van der Waals surface area (Å²) in [5, 5.41) is 8.67. The molecule has 9 heteroatoms. The van der Waals surface area contributed by atoms with Crippen molar-refractivity contribution < 1.29 is 35.8 Å². The highest BCUT2D eigenvalue weighted by atomic mass is 19.4. The molecule has 1 heterocycles. The van der Waals surface area contributed by atoms with Crippen molar-refractivity contribution in [2.75, 3.05) is 0 Å². The van der Waals surface area contributed by atoms with Gasteiger partial charge in [-0.2, -0.15) is 30.7 Å². The van der Waals surface area contributed by atoms with Gasteiger partial charge in [-0.25, -0.2) is 0 Å². The predicted molar refractivity (Wildman–Crippen MR) is 40.8 cm³/mol. The number of nitrogens with zero attached hydrogens (tertiary/aromatic N) is 1. The molecule has 0 aliphatic carbocycles. The van der Waals surface area contributed by atoms with E-state index < -0.39 is 29.5 Å². The number of alkyl halides is 7. The molecule has 0 spiro atoms. The molecule has 0 fully saturated rings. The maximum atomic E-state index is 12.9. The third kappa shape index (κ3) is 2.13. The summed E-state index contributed by atoms with van der Waals surface area (Å²) in [6.07, 6.45) is -6.06. The lowest BCUT2D eigenvalue weighted by Gasteiger charge is -2.27. The van der Waals surface area contributed by atoms with Gasteiger partial charge in [-0.15, -0.1) is 0 Å². The first kappa shape index (κ1) is 13.5. The first-order valence-electron chi connectivity index (χ1n) is 3.98. The lowest BCUT2D eigenvalue weighted by Crippen LogP contribution is -2.50. The molecular weight excluding hydrogens is 259 g/mol. The standard InChI is InChI=1S/C8H4F7NO/c9-6(10,7(11,12)8(13,14)15)5-2-1-4(17)3-16-5/h1-3,17H. The van der Waals surface area contributed by atoms with Crippen LogP contribution in [0.4, 0.5) is 30.7 Å². The van der Waals surface area contributed by atoms with E-state index in [2.05, 4.69) is 4.98 Å². The number of hydrogen-bond donors (Lipinski definition) is 1. The van der Waals surface area contributed by atoms with Gasteiger partial charge in [-0.1, -0.05) is 0 Å². The second-order valence-electron chi connectivity index (χ2n) is 3.05. The monoisotopic (exact) mass is 263 g/mol. The maximum Gasteiger partial charge on any atom is 0.460 e. The SMILES string of the molecule is Oc1ccc(C(F)(F)C(F)(F)C(F)(F)F)nc1. The molecular formula is C8H4F7NO. The first-order chi connectivity index (χ1) is 7.50. The normalized spacial score (nSPS) is 13.8. The Bertz CT molecular complexity index is 397. The van der Waals surface area contributed by atoms with Crippen LogP contribution in [0.3, 0.4) is 0 Å². The average Bonchev–Trinajstić information content (AvgIpc) is 2.16. The minimum Gasteiger partial charge on any atom is -0.506 e. The molecule has 17 heavy (non-hydrogen) atoms. The number of rotatable bonds is 2. The summed E-state index contributed by atoms with van der Waals surface area (Å²) >= 11 is 0. The van der Waals surface area contributed by atoms with Gasteiger partial charge >= 0.3 is 18.0 Å². The van der Waals surface area contributed by atoms with E-state index in [4.69, 9.17) is 5.11 Å². The summed E-state index contributed by atoms with van der Waals surface area (Å²) in [6, 6.07) is 0.720. The second kappa shape index (κ2) is 3.74. The molecule has 0 bridgehead atoms. The highest BCUT2D eigenvalue weighted by Gasteiger charge is 2.74. The molecule has 1 aromatic heterocycles. The van der Waals surface area contributed by atoms with Crippen LogP contribution >= 0.6 is 0 Å². The number of aromatic nitrogens is 1. The summed E-state index contributed by atoms with van der Waals surface area (Å²) < 4.78 is 86.3. The van der Waals surface area contributed by atoms with Crippen molar-refractivity contribution in [1.29, 1.82) is 0 Å². The fourth-order valence-corrected chi connectivity index (χ4v) is 0.911. The quantitative estimate of drug-likeness (QED) is 0.832. The van der Waals surface area contributed by atoms with E-state index in [0.29, 0.717) is 12.3 Å². The van der Waals surface area contributed by atoms with E-state index in [1.807, 2.05) is 0 Å². The molecule has 0 saturated heterocycles. The van der Waals surface area contributed by atoms with Gasteiger partial charge in [-0.3, -0.25) is 4.98 Å². The topological polar surface area (TPSA) is 33.1 Å². The fourth-order valence-electron chi connectivity index (χ4n) is 0.911. The van der Waals surface area contributed by atoms with E-state index in [1.54, 1.807) is 0 Å². The van der Waals surface area contributed by atoms with Crippen molar-refractivity contribution in [2.45, 2.75) is 18.0 Å². The Hall–Kier alpha value is -1.54. The summed E-state index contributed by atoms with van der Waals surface area (Å²) in [7, 11) is 0. The number of hydrogen-bond acceptors (Lipinski definition) is 2. The van der Waals surface area contributed by atoms with Gasteiger partial charge in [0, 0.05) is 0 Å². The van der Waals surface area contributed by atoms with Crippen LogP contribution < -0.4 is 0 Å². The van der Waals surface area contributed by atoms with Crippen molar-refractivity contribution in [3.63, 3.8) is 0 Å². The Kier molecular flexibility index (Phi) is 2.98. The molecule has 2 nitrogen and oxygen atoms in total. The van der Waals surface area contributed by atoms with Crippen molar-refractivity contribution >= 4 is 0 Å². The Balaban J connectivity index is 3.23. The van der Waals surface area contributed by atoms with Crippen LogP contribution in [0.5, 0.6) is 5.75 Å². The van der Waals surface area contributed by atoms with Crippen LogP contribution in [0.25, 0.3) is 0 Å². The molecule has 0 aliphatic heterocycles. The minimum atomic E-state index is -6.41. The first-order valence-corrected chi connectivity index (χ1v) is 3.98. The van der Waals surface area contributed by atoms with Crippen LogP contribution in [0, 0.1) is 0 Å². The highest BCUT2D eigenvalue weighted by Crippen LogP contribution is 2.51. The third-order valence-corrected chi connectivity index (χ3v) is 1.82.